The molecule has 238 valence electrons. The van der Waals surface area contributed by atoms with E-state index in [9.17, 15) is 18.8 Å². The van der Waals surface area contributed by atoms with E-state index in [1.54, 1.807) is 24.3 Å². The third kappa shape index (κ3) is 7.55. The Balaban J connectivity index is 1.32. The van der Waals surface area contributed by atoms with Crippen molar-refractivity contribution in [2.45, 2.75) is 38.6 Å². The van der Waals surface area contributed by atoms with Crippen molar-refractivity contribution >= 4 is 52.4 Å². The van der Waals surface area contributed by atoms with Crippen molar-refractivity contribution in [1.29, 1.82) is 0 Å². The number of carbonyl (C=O) groups is 3. The highest BCUT2D eigenvalue weighted by atomic mass is 35.5. The number of benzene rings is 2. The molecule has 5 N–H and O–H groups in total. The molecule has 0 aromatic heterocycles. The Labute approximate surface area is 270 Å². The number of amides is 3. The molecule has 0 radical (unpaired) electrons. The van der Waals surface area contributed by atoms with Gasteiger partial charge in [0.1, 0.15) is 23.4 Å². The van der Waals surface area contributed by atoms with Crippen LogP contribution in [0.4, 0.5) is 10.1 Å². The number of carbonyl (C=O) groups excluding carboxylic acids is 3. The molecule has 3 aliphatic heterocycles. The van der Waals surface area contributed by atoms with Gasteiger partial charge in [0.15, 0.2) is 0 Å². The summed E-state index contributed by atoms with van der Waals surface area (Å²) in [6.07, 6.45) is 3.92. The summed E-state index contributed by atoms with van der Waals surface area (Å²) in [6, 6.07) is 8.51. The molecule has 2 atom stereocenters. The number of anilines is 1. The number of nitrogens with one attached hydrogen (secondary N) is 3. The van der Waals surface area contributed by atoms with Crippen LogP contribution in [0.1, 0.15) is 54.6 Å². The predicted octanol–water partition coefficient (Wildman–Crippen LogP) is 4.71. The van der Waals surface area contributed by atoms with Gasteiger partial charge < -0.3 is 31.3 Å². The Morgan fingerprint density at radius 3 is 2.71 bits per heavy atom. The van der Waals surface area contributed by atoms with Crippen molar-refractivity contribution in [3.63, 3.8) is 0 Å². The fourth-order valence-electron chi connectivity index (χ4n) is 5.57. The van der Waals surface area contributed by atoms with E-state index in [1.165, 1.54) is 0 Å². The third-order valence-electron chi connectivity index (χ3n) is 8.04. The first-order chi connectivity index (χ1) is 21.7. The third-order valence-corrected chi connectivity index (χ3v) is 8.59. The van der Waals surface area contributed by atoms with Crippen molar-refractivity contribution in [3.8, 4) is 0 Å². The lowest BCUT2D eigenvalue weighted by Crippen LogP contribution is -2.47. The molecule has 13 heteroatoms. The molecule has 2 saturated heterocycles. The number of halogens is 3. The molecule has 2 aromatic rings. The molecular formula is C32H35Cl2FN6O4. The first-order valence-corrected chi connectivity index (χ1v) is 15.6. The number of hydrogen-bond acceptors (Lipinski definition) is 7. The summed E-state index contributed by atoms with van der Waals surface area (Å²) in [5.74, 6) is -2.60. The van der Waals surface area contributed by atoms with E-state index in [-0.39, 0.29) is 29.2 Å². The highest BCUT2D eigenvalue weighted by Crippen LogP contribution is 2.31. The summed E-state index contributed by atoms with van der Waals surface area (Å²) in [5.41, 5.74) is 8.02. The summed E-state index contributed by atoms with van der Waals surface area (Å²) in [6.45, 7) is 4.94. The van der Waals surface area contributed by atoms with Crippen LogP contribution in [0.2, 0.25) is 10.0 Å². The molecular weight excluding hydrogens is 622 g/mol. The van der Waals surface area contributed by atoms with Gasteiger partial charge in [0, 0.05) is 18.1 Å². The van der Waals surface area contributed by atoms with Crippen LogP contribution in [0, 0.1) is 11.7 Å². The largest absolute Gasteiger partial charge is 0.378 e. The number of ether oxygens (including phenoxy) is 1. The molecule has 0 saturated carbocycles. The molecule has 2 unspecified atom stereocenters. The van der Waals surface area contributed by atoms with E-state index >= 15 is 0 Å². The van der Waals surface area contributed by atoms with Gasteiger partial charge in [-0.1, -0.05) is 48.3 Å². The number of allylic oxidation sites excluding steroid dienone is 2. The quantitative estimate of drug-likeness (QED) is 0.289. The van der Waals surface area contributed by atoms with E-state index in [1.807, 2.05) is 6.08 Å². The molecule has 0 bridgehead atoms. The molecule has 2 aromatic carbocycles. The van der Waals surface area contributed by atoms with E-state index < -0.39 is 35.5 Å². The Morgan fingerprint density at radius 2 is 2.00 bits per heavy atom. The zero-order valence-electron chi connectivity index (χ0n) is 24.8. The van der Waals surface area contributed by atoms with Crippen LogP contribution < -0.4 is 21.7 Å². The second-order valence-corrected chi connectivity index (χ2v) is 11.8. The van der Waals surface area contributed by atoms with Gasteiger partial charge in [-0.25, -0.2) is 9.38 Å². The predicted molar refractivity (Wildman–Crippen MR) is 171 cm³/mol. The molecule has 3 amide bonds. The Kier molecular flexibility index (Phi) is 10.5. The van der Waals surface area contributed by atoms with Gasteiger partial charge in [0.2, 0.25) is 11.8 Å². The van der Waals surface area contributed by atoms with Crippen LogP contribution in [0.3, 0.4) is 0 Å². The Bertz CT molecular complexity index is 1590. The van der Waals surface area contributed by atoms with Crippen molar-refractivity contribution in [2.24, 2.45) is 16.6 Å². The van der Waals surface area contributed by atoms with Gasteiger partial charge in [-0.2, -0.15) is 0 Å². The van der Waals surface area contributed by atoms with Gasteiger partial charge in [-0.05, 0) is 73.2 Å². The Hall–Kier alpha value is -3.77. The average molecular weight is 658 g/mol. The molecule has 3 heterocycles. The van der Waals surface area contributed by atoms with Gasteiger partial charge in [-0.15, -0.1) is 0 Å². The maximum atomic E-state index is 15.0. The molecule has 3 aliphatic rings. The summed E-state index contributed by atoms with van der Waals surface area (Å²) in [7, 11) is 0. The van der Waals surface area contributed by atoms with Crippen LogP contribution >= 0.6 is 23.2 Å². The zero-order valence-corrected chi connectivity index (χ0v) is 26.3. The average Bonchev–Trinajstić information content (AvgIpc) is 3.20. The number of aliphatic imine (C=N–C) groups is 1. The minimum absolute atomic E-state index is 0.00185. The minimum atomic E-state index is -1.10. The molecule has 5 rings (SSSR count). The van der Waals surface area contributed by atoms with Crippen LogP contribution in [-0.4, -0.2) is 61.3 Å². The number of piperidine rings is 1. The number of amidine groups is 1. The number of hydrogen-bond donors (Lipinski definition) is 4. The van der Waals surface area contributed by atoms with Gasteiger partial charge in [0.05, 0.1) is 35.5 Å². The van der Waals surface area contributed by atoms with E-state index in [2.05, 4.69) is 27.8 Å². The maximum absolute atomic E-state index is 15.0. The number of rotatable bonds is 9. The first-order valence-electron chi connectivity index (χ1n) is 14.9. The lowest BCUT2D eigenvalue weighted by Gasteiger charge is -2.31. The number of nitrogens with zero attached hydrogens (tertiary/aromatic N) is 2. The highest BCUT2D eigenvalue weighted by Gasteiger charge is 2.36. The van der Waals surface area contributed by atoms with Crippen molar-refractivity contribution in [3.05, 3.63) is 86.4 Å². The summed E-state index contributed by atoms with van der Waals surface area (Å²) in [5, 5.41) is 8.59. The lowest BCUT2D eigenvalue weighted by atomic mass is 9.91. The monoisotopic (exact) mass is 656 g/mol. The molecule has 0 aliphatic carbocycles. The zero-order chi connectivity index (χ0) is 32.1. The van der Waals surface area contributed by atoms with Gasteiger partial charge in [-0.3, -0.25) is 14.4 Å². The standard InChI is InChI=1S/C32H35Cl2FN6O4/c1-2-18-6-7-20-15-23(32(44)40-28(20)39-29(18)41-10-12-45-13-11-41)31(43)38-27-16-22(25(35)17-24(27)34)30(42)37-26(8-9-36)19-4-3-5-21(33)14-19/h3-5,7,14,16-17,23,26H,2,6,8-13,15,36H2,1H3,(H,37,42)(H,38,43)(H,39,40,44). The van der Waals surface area contributed by atoms with E-state index in [0.717, 1.165) is 35.5 Å². The smallest absolute Gasteiger partial charge is 0.254 e. The molecule has 0 spiro atoms. The van der Waals surface area contributed by atoms with Crippen LogP contribution in [0.15, 0.2) is 64.4 Å². The number of morpholine rings is 1. The number of nitrogens with two attached hydrogens (primary N) is 1. The highest BCUT2D eigenvalue weighted by molar-refractivity contribution is 6.34. The van der Waals surface area contributed by atoms with E-state index in [4.69, 9.17) is 38.7 Å². The summed E-state index contributed by atoms with van der Waals surface area (Å²) in [4.78, 5) is 46.8. The lowest BCUT2D eigenvalue weighted by molar-refractivity contribution is -0.131. The molecule has 10 nitrogen and oxygen atoms in total. The van der Waals surface area contributed by atoms with Gasteiger partial charge in [0.25, 0.3) is 5.91 Å². The molecule has 45 heavy (non-hydrogen) atoms. The summed E-state index contributed by atoms with van der Waals surface area (Å²) < 4.78 is 20.5. The van der Waals surface area contributed by atoms with Crippen molar-refractivity contribution in [1.82, 2.24) is 15.5 Å². The molecule has 2 fully saturated rings. The van der Waals surface area contributed by atoms with Crippen LogP contribution in [0.25, 0.3) is 0 Å². The number of fused-ring (bicyclic) bond motifs is 1. The topological polar surface area (TPSA) is 138 Å². The summed E-state index contributed by atoms with van der Waals surface area (Å²) >= 11 is 12.4. The van der Waals surface area contributed by atoms with Crippen LogP contribution in [0.5, 0.6) is 0 Å². The fraction of sp³-hybridized carbons (Fsp3) is 0.375. The normalized spacial score (nSPS) is 19.1. The second kappa shape index (κ2) is 14.6. The van der Waals surface area contributed by atoms with Crippen molar-refractivity contribution < 1.29 is 23.5 Å². The van der Waals surface area contributed by atoms with Crippen molar-refractivity contribution in [2.75, 3.05) is 38.2 Å². The van der Waals surface area contributed by atoms with Crippen LogP contribution in [-0.2, 0) is 14.3 Å². The Morgan fingerprint density at radius 1 is 1.22 bits per heavy atom. The van der Waals surface area contributed by atoms with Gasteiger partial charge >= 0.3 is 0 Å². The van der Waals surface area contributed by atoms with E-state index in [0.29, 0.717) is 55.6 Å². The maximum Gasteiger partial charge on any atom is 0.254 e. The fourth-order valence-corrected chi connectivity index (χ4v) is 5.96. The second-order valence-electron chi connectivity index (χ2n) is 11.0. The SMILES string of the molecule is CCC1=C(N2CCOCC2)N=C2NC(=O)C(C(=O)Nc3cc(C(=O)NC(CCN)c4cccc(Cl)c4)c(F)cc3Cl)CC2=CC1. The minimum Gasteiger partial charge on any atom is -0.378 e. The first kappa shape index (κ1) is 32.6.